The van der Waals surface area contributed by atoms with Gasteiger partial charge >= 0.3 is 5.97 Å². The smallest absolute Gasteiger partial charge is 0.321 e. The maximum Gasteiger partial charge on any atom is 0.321 e. The molecule has 0 aromatic heterocycles. The Balaban J connectivity index is 1.52. The summed E-state index contributed by atoms with van der Waals surface area (Å²) in [7, 11) is 0. The van der Waals surface area contributed by atoms with Gasteiger partial charge in [0.1, 0.15) is 11.9 Å². The van der Waals surface area contributed by atoms with Crippen molar-refractivity contribution in [3.8, 4) is 0 Å². The molecule has 0 spiro atoms. The van der Waals surface area contributed by atoms with Crippen molar-refractivity contribution in [3.63, 3.8) is 0 Å². The van der Waals surface area contributed by atoms with E-state index in [0.717, 1.165) is 5.56 Å². The SMILES string of the molecule is O=C(OCc1ccccc1)C1CN2C(=O)C[C@H]2S1. The molecule has 0 saturated carbocycles. The first-order valence-corrected chi connectivity index (χ1v) is 6.84. The zero-order chi connectivity index (χ0) is 12.5. The number of β-lactam (4-membered cyclic amide) rings is 1. The van der Waals surface area contributed by atoms with E-state index in [0.29, 0.717) is 19.6 Å². The fraction of sp³-hybridized carbons (Fsp3) is 0.385. The van der Waals surface area contributed by atoms with Crippen molar-refractivity contribution >= 4 is 23.6 Å². The van der Waals surface area contributed by atoms with Gasteiger partial charge in [-0.05, 0) is 5.56 Å². The van der Waals surface area contributed by atoms with Crippen LogP contribution in [-0.2, 0) is 20.9 Å². The van der Waals surface area contributed by atoms with Crippen LogP contribution in [0.3, 0.4) is 0 Å². The van der Waals surface area contributed by atoms with Gasteiger partial charge in [-0.2, -0.15) is 0 Å². The van der Waals surface area contributed by atoms with E-state index in [4.69, 9.17) is 4.74 Å². The van der Waals surface area contributed by atoms with Crippen LogP contribution in [0.2, 0.25) is 0 Å². The summed E-state index contributed by atoms with van der Waals surface area (Å²) in [5.74, 6) is -0.0723. The van der Waals surface area contributed by atoms with Crippen molar-refractivity contribution in [3.05, 3.63) is 35.9 Å². The van der Waals surface area contributed by atoms with Gasteiger partial charge in [0, 0.05) is 6.54 Å². The molecule has 0 N–H and O–H groups in total. The molecule has 1 unspecified atom stereocenters. The number of carbonyl (C=O) groups excluding carboxylic acids is 2. The minimum Gasteiger partial charge on any atom is -0.460 e. The molecule has 0 aliphatic carbocycles. The Labute approximate surface area is 109 Å². The summed E-state index contributed by atoms with van der Waals surface area (Å²) in [6, 6.07) is 9.60. The molecule has 0 radical (unpaired) electrons. The van der Waals surface area contributed by atoms with E-state index in [9.17, 15) is 9.59 Å². The highest BCUT2D eigenvalue weighted by Gasteiger charge is 2.47. The second-order valence-corrected chi connectivity index (χ2v) is 5.81. The number of carbonyl (C=O) groups is 2. The van der Waals surface area contributed by atoms with E-state index in [1.807, 2.05) is 30.3 Å². The molecule has 4 nitrogen and oxygen atoms in total. The zero-order valence-corrected chi connectivity index (χ0v) is 10.6. The van der Waals surface area contributed by atoms with E-state index >= 15 is 0 Å². The molecule has 3 rings (SSSR count). The van der Waals surface area contributed by atoms with Crippen molar-refractivity contribution in [2.24, 2.45) is 0 Å². The maximum absolute atomic E-state index is 11.9. The van der Waals surface area contributed by atoms with Gasteiger partial charge in [0.15, 0.2) is 0 Å². The molecule has 2 heterocycles. The highest BCUT2D eigenvalue weighted by molar-refractivity contribution is 8.01. The summed E-state index contributed by atoms with van der Waals surface area (Å²) >= 11 is 1.54. The van der Waals surface area contributed by atoms with Crippen LogP contribution in [0.25, 0.3) is 0 Å². The summed E-state index contributed by atoms with van der Waals surface area (Å²) in [6.07, 6.45) is 0.563. The summed E-state index contributed by atoms with van der Waals surface area (Å²) in [6.45, 7) is 0.803. The Kier molecular flexibility index (Phi) is 2.99. The standard InChI is InChI=1S/C13H13NO3S/c15-11-6-12-14(11)7-10(18-12)13(16)17-8-9-4-2-1-3-5-9/h1-5,10,12H,6-8H2/t10?,12-/m1/s1. The minimum absolute atomic E-state index is 0.144. The maximum atomic E-state index is 11.9. The molecule has 2 aliphatic rings. The number of amides is 1. The van der Waals surface area contributed by atoms with Crippen molar-refractivity contribution in [1.82, 2.24) is 4.90 Å². The highest BCUT2D eigenvalue weighted by Crippen LogP contribution is 2.40. The minimum atomic E-state index is -0.217. The normalized spacial score (nSPS) is 25.6. The van der Waals surface area contributed by atoms with Crippen LogP contribution in [0.4, 0.5) is 0 Å². The second-order valence-electron chi connectivity index (χ2n) is 4.42. The molecule has 2 fully saturated rings. The monoisotopic (exact) mass is 263 g/mol. The van der Waals surface area contributed by atoms with Gasteiger partial charge in [0.2, 0.25) is 5.91 Å². The summed E-state index contributed by atoms with van der Waals surface area (Å²) in [5.41, 5.74) is 0.980. The third-order valence-corrected chi connectivity index (χ3v) is 4.59. The number of nitrogens with zero attached hydrogens (tertiary/aromatic N) is 1. The summed E-state index contributed by atoms with van der Waals surface area (Å²) < 4.78 is 5.27. The van der Waals surface area contributed by atoms with Crippen molar-refractivity contribution in [2.75, 3.05) is 6.54 Å². The number of hydrogen-bond donors (Lipinski definition) is 0. The van der Waals surface area contributed by atoms with Gasteiger partial charge in [0.25, 0.3) is 0 Å². The Morgan fingerprint density at radius 1 is 1.39 bits per heavy atom. The molecule has 18 heavy (non-hydrogen) atoms. The van der Waals surface area contributed by atoms with Crippen LogP contribution < -0.4 is 0 Å². The quantitative estimate of drug-likeness (QED) is 0.611. The first kappa shape index (κ1) is 11.6. The fourth-order valence-corrected chi connectivity index (χ4v) is 3.52. The number of ether oxygens (including phenoxy) is 1. The number of rotatable bonds is 3. The van der Waals surface area contributed by atoms with Gasteiger partial charge < -0.3 is 9.64 Å². The van der Waals surface area contributed by atoms with E-state index in [1.165, 1.54) is 11.8 Å². The summed E-state index contributed by atoms with van der Waals surface area (Å²) in [4.78, 5) is 24.8. The fourth-order valence-electron chi connectivity index (χ4n) is 2.13. The van der Waals surface area contributed by atoms with Crippen LogP contribution >= 0.6 is 11.8 Å². The first-order chi connectivity index (χ1) is 8.74. The lowest BCUT2D eigenvalue weighted by Gasteiger charge is -2.32. The number of fused-ring (bicyclic) bond motifs is 1. The van der Waals surface area contributed by atoms with Gasteiger partial charge in [-0.15, -0.1) is 11.8 Å². The molecule has 2 aliphatic heterocycles. The topological polar surface area (TPSA) is 46.6 Å². The van der Waals surface area contributed by atoms with Gasteiger partial charge in [-0.3, -0.25) is 9.59 Å². The average Bonchev–Trinajstić information content (AvgIpc) is 2.74. The largest absolute Gasteiger partial charge is 0.460 e. The number of benzene rings is 1. The summed E-state index contributed by atoms with van der Waals surface area (Å²) in [5, 5.41) is -0.0167. The predicted octanol–water partition coefficient (Wildman–Crippen LogP) is 1.40. The van der Waals surface area contributed by atoms with Gasteiger partial charge in [0.05, 0.1) is 11.8 Å². The van der Waals surface area contributed by atoms with Crippen LogP contribution in [0, 0.1) is 0 Å². The third kappa shape index (κ3) is 2.10. The molecular formula is C13H13NO3S. The molecule has 0 bridgehead atoms. The number of esters is 1. The van der Waals surface area contributed by atoms with Gasteiger partial charge in [-0.1, -0.05) is 30.3 Å². The lowest BCUT2D eigenvalue weighted by Crippen LogP contribution is -2.47. The van der Waals surface area contributed by atoms with E-state index in [-0.39, 0.29) is 22.5 Å². The molecule has 5 heteroatoms. The molecule has 94 valence electrons. The van der Waals surface area contributed by atoms with Crippen molar-refractivity contribution in [1.29, 1.82) is 0 Å². The third-order valence-electron chi connectivity index (χ3n) is 3.19. The van der Waals surface area contributed by atoms with E-state index < -0.39 is 0 Å². The lowest BCUT2D eigenvalue weighted by atomic mass is 10.2. The van der Waals surface area contributed by atoms with E-state index in [2.05, 4.69) is 0 Å². The molecule has 2 atom stereocenters. The molecule has 1 aromatic carbocycles. The van der Waals surface area contributed by atoms with Crippen LogP contribution in [0.15, 0.2) is 30.3 Å². The first-order valence-electron chi connectivity index (χ1n) is 5.89. The molecule has 1 aromatic rings. The Hall–Kier alpha value is -1.49. The van der Waals surface area contributed by atoms with Crippen molar-refractivity contribution < 1.29 is 14.3 Å². The van der Waals surface area contributed by atoms with Crippen molar-refractivity contribution in [2.45, 2.75) is 23.7 Å². The van der Waals surface area contributed by atoms with E-state index in [1.54, 1.807) is 4.90 Å². The Morgan fingerprint density at radius 2 is 2.17 bits per heavy atom. The average molecular weight is 263 g/mol. The van der Waals surface area contributed by atoms with Gasteiger partial charge in [-0.25, -0.2) is 0 Å². The number of thioether (sulfide) groups is 1. The lowest BCUT2D eigenvalue weighted by molar-refractivity contribution is -0.145. The second kappa shape index (κ2) is 4.65. The zero-order valence-electron chi connectivity index (χ0n) is 9.74. The van der Waals surface area contributed by atoms with Crippen LogP contribution in [-0.4, -0.2) is 33.9 Å². The van der Waals surface area contributed by atoms with Crippen LogP contribution in [0.5, 0.6) is 0 Å². The molecular weight excluding hydrogens is 250 g/mol. The highest BCUT2D eigenvalue weighted by atomic mass is 32.2. The Bertz CT molecular complexity index is 476. The Morgan fingerprint density at radius 3 is 2.83 bits per heavy atom. The molecule has 2 saturated heterocycles. The number of hydrogen-bond acceptors (Lipinski definition) is 4. The predicted molar refractivity (Wildman–Crippen MR) is 67.7 cm³/mol. The van der Waals surface area contributed by atoms with Crippen LogP contribution in [0.1, 0.15) is 12.0 Å². The molecule has 1 amide bonds.